The van der Waals surface area contributed by atoms with E-state index < -0.39 is 0 Å². The Morgan fingerprint density at radius 1 is 1.26 bits per heavy atom. The highest BCUT2D eigenvalue weighted by molar-refractivity contribution is 7.80. The number of rotatable bonds is 5. The molecule has 1 fully saturated rings. The maximum atomic E-state index is 12.1. The molecule has 3 heterocycles. The Morgan fingerprint density at radius 3 is 2.68 bits per heavy atom. The predicted molar refractivity (Wildman–Crippen MR) is 128 cm³/mol. The minimum atomic E-state index is -0.132. The molecule has 2 aromatic heterocycles. The molecular weight excluding hydrogens is 430 g/mol. The van der Waals surface area contributed by atoms with E-state index >= 15 is 0 Å². The molecule has 1 aromatic carbocycles. The summed E-state index contributed by atoms with van der Waals surface area (Å²) < 4.78 is 2.02. The SMILES string of the molecule is CC(C)C(=O)Nc1ccc(N2C(=S)NC(c3ccccn3)C2c2ccn(C)c2)cc1Cl. The lowest BCUT2D eigenvalue weighted by molar-refractivity contribution is -0.118. The highest BCUT2D eigenvalue weighted by Crippen LogP contribution is 2.42. The molecule has 0 bridgehead atoms. The Balaban J connectivity index is 1.73. The third-order valence-corrected chi connectivity index (χ3v) is 5.93. The molecule has 1 saturated heterocycles. The van der Waals surface area contributed by atoms with Gasteiger partial charge >= 0.3 is 0 Å². The number of hydrogen-bond donors (Lipinski definition) is 2. The number of nitrogens with one attached hydrogen (secondary N) is 2. The van der Waals surface area contributed by atoms with Crippen LogP contribution in [0.5, 0.6) is 0 Å². The Morgan fingerprint density at radius 2 is 2.06 bits per heavy atom. The van der Waals surface area contributed by atoms with Crippen LogP contribution in [0.2, 0.25) is 5.02 Å². The van der Waals surface area contributed by atoms with Crippen molar-refractivity contribution in [2.24, 2.45) is 13.0 Å². The summed E-state index contributed by atoms with van der Waals surface area (Å²) >= 11 is 12.3. The number of pyridine rings is 1. The van der Waals surface area contributed by atoms with Crippen LogP contribution in [0.25, 0.3) is 0 Å². The molecule has 2 N–H and O–H groups in total. The molecule has 1 amide bonds. The number of nitrogens with zero attached hydrogens (tertiary/aromatic N) is 3. The number of aromatic nitrogens is 2. The van der Waals surface area contributed by atoms with Crippen LogP contribution in [0.4, 0.5) is 11.4 Å². The molecule has 3 aromatic rings. The van der Waals surface area contributed by atoms with E-state index in [1.807, 2.05) is 68.1 Å². The zero-order chi connectivity index (χ0) is 22.1. The quantitative estimate of drug-likeness (QED) is 0.541. The zero-order valence-corrected chi connectivity index (χ0v) is 19.1. The molecule has 8 heteroatoms. The van der Waals surface area contributed by atoms with Crippen molar-refractivity contribution in [1.82, 2.24) is 14.9 Å². The maximum Gasteiger partial charge on any atom is 0.226 e. The van der Waals surface area contributed by atoms with Crippen molar-refractivity contribution in [2.75, 3.05) is 10.2 Å². The summed E-state index contributed by atoms with van der Waals surface area (Å²) in [6.07, 6.45) is 5.89. The molecule has 0 aliphatic carbocycles. The van der Waals surface area contributed by atoms with Gasteiger partial charge in [0.2, 0.25) is 5.91 Å². The van der Waals surface area contributed by atoms with E-state index in [1.54, 1.807) is 6.20 Å². The number of hydrogen-bond acceptors (Lipinski definition) is 3. The van der Waals surface area contributed by atoms with Gasteiger partial charge in [0.05, 0.1) is 28.5 Å². The summed E-state index contributed by atoms with van der Waals surface area (Å²) in [5, 5.41) is 7.36. The predicted octanol–water partition coefficient (Wildman–Crippen LogP) is 4.85. The molecule has 0 spiro atoms. The van der Waals surface area contributed by atoms with E-state index in [-0.39, 0.29) is 23.9 Å². The molecule has 1 aliphatic rings. The number of carbonyl (C=O) groups excluding carboxylic acids is 1. The van der Waals surface area contributed by atoms with Crippen molar-refractivity contribution in [3.05, 3.63) is 77.3 Å². The smallest absolute Gasteiger partial charge is 0.226 e. The van der Waals surface area contributed by atoms with Gasteiger partial charge in [-0.3, -0.25) is 9.78 Å². The third-order valence-electron chi connectivity index (χ3n) is 5.31. The first-order valence-corrected chi connectivity index (χ1v) is 10.9. The molecule has 1 aliphatic heterocycles. The van der Waals surface area contributed by atoms with E-state index in [4.69, 9.17) is 23.8 Å². The highest BCUT2D eigenvalue weighted by Gasteiger charge is 2.41. The summed E-state index contributed by atoms with van der Waals surface area (Å²) in [6, 6.07) is 13.3. The largest absolute Gasteiger partial charge is 0.357 e. The Bertz CT molecular complexity index is 1110. The molecule has 2 unspecified atom stereocenters. The van der Waals surface area contributed by atoms with E-state index in [0.29, 0.717) is 15.8 Å². The van der Waals surface area contributed by atoms with Gasteiger partial charge in [0, 0.05) is 37.2 Å². The van der Waals surface area contributed by atoms with E-state index in [2.05, 4.69) is 32.8 Å². The number of benzene rings is 1. The number of amides is 1. The van der Waals surface area contributed by atoms with Crippen LogP contribution in [0.15, 0.2) is 61.1 Å². The number of anilines is 2. The van der Waals surface area contributed by atoms with Crippen LogP contribution in [0.1, 0.15) is 37.2 Å². The summed E-state index contributed by atoms with van der Waals surface area (Å²) in [7, 11) is 1.99. The fourth-order valence-electron chi connectivity index (χ4n) is 3.70. The van der Waals surface area contributed by atoms with Gasteiger partial charge in [-0.15, -0.1) is 0 Å². The molecule has 0 saturated carbocycles. The van der Waals surface area contributed by atoms with Gasteiger partial charge in [-0.2, -0.15) is 0 Å². The highest BCUT2D eigenvalue weighted by atomic mass is 35.5. The Labute approximate surface area is 192 Å². The first-order valence-electron chi connectivity index (χ1n) is 10.1. The van der Waals surface area contributed by atoms with Gasteiger partial charge in [-0.1, -0.05) is 31.5 Å². The number of carbonyl (C=O) groups is 1. The van der Waals surface area contributed by atoms with Crippen LogP contribution in [0, 0.1) is 5.92 Å². The van der Waals surface area contributed by atoms with Crippen molar-refractivity contribution >= 4 is 46.2 Å². The van der Waals surface area contributed by atoms with Crippen molar-refractivity contribution < 1.29 is 4.79 Å². The Kier molecular flexibility index (Phi) is 5.98. The standard InChI is InChI=1S/C23H24ClN5OS/c1-14(2)22(30)26-18-8-7-16(12-17(18)24)29-21(15-9-11-28(3)13-15)20(27-23(29)31)19-6-4-5-10-25-19/h4-14,20-21H,1-3H3,(H,26,30)(H,27,31). The normalized spacial score (nSPS) is 18.4. The second-order valence-electron chi connectivity index (χ2n) is 7.92. The fraction of sp³-hybridized carbons (Fsp3) is 0.261. The van der Waals surface area contributed by atoms with Crippen LogP contribution in [-0.4, -0.2) is 20.6 Å². The zero-order valence-electron chi connectivity index (χ0n) is 17.5. The number of aryl methyl sites for hydroxylation is 1. The van der Waals surface area contributed by atoms with Gasteiger partial charge in [0.25, 0.3) is 0 Å². The minimum Gasteiger partial charge on any atom is -0.357 e. The monoisotopic (exact) mass is 453 g/mol. The average molecular weight is 454 g/mol. The molecular formula is C23H24ClN5OS. The van der Waals surface area contributed by atoms with Gasteiger partial charge in [0.15, 0.2) is 5.11 Å². The van der Waals surface area contributed by atoms with Crippen LogP contribution >= 0.6 is 23.8 Å². The van der Waals surface area contributed by atoms with Gasteiger partial charge in [0.1, 0.15) is 0 Å². The molecule has 160 valence electrons. The second-order valence-corrected chi connectivity index (χ2v) is 8.71. The van der Waals surface area contributed by atoms with E-state index in [0.717, 1.165) is 16.9 Å². The summed E-state index contributed by atoms with van der Waals surface area (Å²) in [5.74, 6) is -0.210. The Hall–Kier alpha value is -2.90. The van der Waals surface area contributed by atoms with Crippen LogP contribution < -0.4 is 15.5 Å². The van der Waals surface area contributed by atoms with Gasteiger partial charge in [-0.25, -0.2) is 0 Å². The first kappa shape index (κ1) is 21.3. The lowest BCUT2D eigenvalue weighted by atomic mass is 9.98. The van der Waals surface area contributed by atoms with Gasteiger partial charge < -0.3 is 20.1 Å². The fourth-order valence-corrected chi connectivity index (χ4v) is 4.27. The van der Waals surface area contributed by atoms with Crippen molar-refractivity contribution in [3.63, 3.8) is 0 Å². The molecule has 2 atom stereocenters. The number of thiocarbonyl (C=S) groups is 1. The third kappa shape index (κ3) is 4.29. The van der Waals surface area contributed by atoms with Crippen molar-refractivity contribution in [2.45, 2.75) is 25.9 Å². The molecule has 31 heavy (non-hydrogen) atoms. The number of halogens is 1. The maximum absolute atomic E-state index is 12.1. The van der Waals surface area contributed by atoms with Crippen LogP contribution in [0.3, 0.4) is 0 Å². The lowest BCUT2D eigenvalue weighted by Crippen LogP contribution is -2.29. The summed E-state index contributed by atoms with van der Waals surface area (Å²) in [5.41, 5.74) is 3.45. The lowest BCUT2D eigenvalue weighted by Gasteiger charge is -2.27. The van der Waals surface area contributed by atoms with Gasteiger partial charge in [-0.05, 0) is 54.2 Å². The minimum absolute atomic E-state index is 0.0783. The van der Waals surface area contributed by atoms with E-state index in [9.17, 15) is 4.79 Å². The summed E-state index contributed by atoms with van der Waals surface area (Å²) in [6.45, 7) is 3.68. The topological polar surface area (TPSA) is 62.2 Å². The first-order chi connectivity index (χ1) is 14.8. The average Bonchev–Trinajstić information content (AvgIpc) is 3.32. The van der Waals surface area contributed by atoms with Crippen molar-refractivity contribution in [3.8, 4) is 0 Å². The molecule has 0 radical (unpaired) electrons. The van der Waals surface area contributed by atoms with Crippen LogP contribution in [-0.2, 0) is 11.8 Å². The van der Waals surface area contributed by atoms with Crippen molar-refractivity contribution in [1.29, 1.82) is 0 Å². The van der Waals surface area contributed by atoms with E-state index in [1.165, 1.54) is 0 Å². The second kappa shape index (κ2) is 8.69. The molecule has 6 nitrogen and oxygen atoms in total. The summed E-state index contributed by atoms with van der Waals surface area (Å²) in [4.78, 5) is 18.7. The molecule has 4 rings (SSSR count).